The standard InChI is InChI=1S/C18H34N2/c1-2-19-15-13-17-11-8-12-18(14-15)20(17)16-9-6-4-3-5-7-10-16/h15-19H,2-14H2,1H3. The van der Waals surface area contributed by atoms with Crippen molar-refractivity contribution in [2.45, 2.75) is 108 Å². The highest BCUT2D eigenvalue weighted by atomic mass is 15.2. The number of piperidine rings is 2. The van der Waals surface area contributed by atoms with Crippen molar-refractivity contribution in [1.29, 1.82) is 0 Å². The van der Waals surface area contributed by atoms with Crippen LogP contribution in [0.5, 0.6) is 0 Å². The molecule has 2 aliphatic heterocycles. The second-order valence-electron chi connectivity index (χ2n) is 7.41. The molecule has 0 aromatic heterocycles. The van der Waals surface area contributed by atoms with Crippen molar-refractivity contribution in [3.05, 3.63) is 0 Å². The molecule has 0 amide bonds. The minimum Gasteiger partial charge on any atom is -0.314 e. The van der Waals surface area contributed by atoms with E-state index in [1.165, 1.54) is 77.0 Å². The van der Waals surface area contributed by atoms with Crippen LogP contribution in [0.3, 0.4) is 0 Å². The van der Waals surface area contributed by atoms with Crippen molar-refractivity contribution in [3.63, 3.8) is 0 Å². The van der Waals surface area contributed by atoms with E-state index in [1.807, 2.05) is 0 Å². The first-order chi connectivity index (χ1) is 9.88. The fraction of sp³-hybridized carbons (Fsp3) is 1.00. The summed E-state index contributed by atoms with van der Waals surface area (Å²) in [6.45, 7) is 3.41. The Morgan fingerprint density at radius 2 is 1.30 bits per heavy atom. The zero-order valence-corrected chi connectivity index (χ0v) is 13.4. The highest BCUT2D eigenvalue weighted by Gasteiger charge is 2.40. The van der Waals surface area contributed by atoms with E-state index >= 15 is 0 Å². The second kappa shape index (κ2) is 7.26. The largest absolute Gasteiger partial charge is 0.314 e. The minimum atomic E-state index is 0.806. The van der Waals surface area contributed by atoms with Gasteiger partial charge in [-0.1, -0.05) is 45.4 Å². The summed E-state index contributed by atoms with van der Waals surface area (Å²) in [7, 11) is 0. The lowest BCUT2D eigenvalue weighted by atomic mass is 9.79. The third-order valence-corrected chi connectivity index (χ3v) is 6.02. The summed E-state index contributed by atoms with van der Waals surface area (Å²) in [5, 5.41) is 3.73. The predicted octanol–water partition coefficient (Wildman–Crippen LogP) is 4.09. The van der Waals surface area contributed by atoms with Gasteiger partial charge in [-0.3, -0.25) is 4.90 Å². The average Bonchev–Trinajstić information content (AvgIpc) is 2.38. The van der Waals surface area contributed by atoms with Crippen molar-refractivity contribution in [1.82, 2.24) is 10.2 Å². The quantitative estimate of drug-likeness (QED) is 0.836. The van der Waals surface area contributed by atoms with E-state index in [9.17, 15) is 0 Å². The van der Waals surface area contributed by atoms with Gasteiger partial charge in [0.1, 0.15) is 0 Å². The molecule has 2 unspecified atom stereocenters. The van der Waals surface area contributed by atoms with Crippen molar-refractivity contribution < 1.29 is 0 Å². The molecule has 2 heterocycles. The molecule has 2 bridgehead atoms. The molecule has 2 atom stereocenters. The maximum absolute atomic E-state index is 3.73. The lowest BCUT2D eigenvalue weighted by molar-refractivity contribution is -0.0185. The Kier molecular flexibility index (Phi) is 5.39. The molecular weight excluding hydrogens is 244 g/mol. The van der Waals surface area contributed by atoms with Crippen LogP contribution >= 0.6 is 0 Å². The molecule has 2 saturated heterocycles. The fourth-order valence-electron chi connectivity index (χ4n) is 5.20. The van der Waals surface area contributed by atoms with Gasteiger partial charge in [0.2, 0.25) is 0 Å². The van der Waals surface area contributed by atoms with Crippen molar-refractivity contribution >= 4 is 0 Å². The van der Waals surface area contributed by atoms with E-state index in [2.05, 4.69) is 17.1 Å². The Hall–Kier alpha value is -0.0800. The SMILES string of the molecule is CCNC1CC2CCCC(C1)N2C1CCCCCCC1. The molecule has 1 N–H and O–H groups in total. The Morgan fingerprint density at radius 3 is 1.90 bits per heavy atom. The summed E-state index contributed by atoms with van der Waals surface area (Å²) in [6, 6.07) is 3.53. The number of nitrogens with zero attached hydrogens (tertiary/aromatic N) is 1. The Bertz CT molecular complexity index is 269. The summed E-state index contributed by atoms with van der Waals surface area (Å²) < 4.78 is 0. The number of fused-ring (bicyclic) bond motifs is 2. The van der Waals surface area contributed by atoms with Crippen LogP contribution in [0.15, 0.2) is 0 Å². The van der Waals surface area contributed by atoms with Crippen molar-refractivity contribution in [2.24, 2.45) is 0 Å². The van der Waals surface area contributed by atoms with Gasteiger partial charge < -0.3 is 5.32 Å². The molecule has 0 radical (unpaired) electrons. The average molecular weight is 278 g/mol. The lowest BCUT2D eigenvalue weighted by Gasteiger charge is -2.53. The van der Waals surface area contributed by atoms with E-state index in [-0.39, 0.29) is 0 Å². The van der Waals surface area contributed by atoms with Crippen LogP contribution in [-0.4, -0.2) is 35.6 Å². The lowest BCUT2D eigenvalue weighted by Crippen LogP contribution is -2.59. The molecule has 0 aromatic carbocycles. The monoisotopic (exact) mass is 278 g/mol. The number of hydrogen-bond donors (Lipinski definition) is 1. The molecule has 3 aliphatic rings. The molecule has 0 spiro atoms. The second-order valence-corrected chi connectivity index (χ2v) is 7.41. The maximum Gasteiger partial charge on any atom is 0.0116 e. The predicted molar refractivity (Wildman–Crippen MR) is 86.1 cm³/mol. The number of rotatable bonds is 3. The van der Waals surface area contributed by atoms with Gasteiger partial charge in [-0.2, -0.15) is 0 Å². The first kappa shape index (κ1) is 14.8. The highest BCUT2D eigenvalue weighted by Crippen LogP contribution is 2.38. The topological polar surface area (TPSA) is 15.3 Å². The summed E-state index contributed by atoms with van der Waals surface area (Å²) in [5.41, 5.74) is 0. The molecule has 1 aliphatic carbocycles. The molecule has 1 saturated carbocycles. The smallest absolute Gasteiger partial charge is 0.0116 e. The van der Waals surface area contributed by atoms with Gasteiger partial charge in [-0.15, -0.1) is 0 Å². The maximum atomic E-state index is 3.73. The van der Waals surface area contributed by atoms with E-state index in [1.54, 1.807) is 0 Å². The molecule has 3 rings (SSSR count). The van der Waals surface area contributed by atoms with Crippen LogP contribution in [0.2, 0.25) is 0 Å². The van der Waals surface area contributed by atoms with Crippen LogP contribution in [0.25, 0.3) is 0 Å². The van der Waals surface area contributed by atoms with E-state index < -0.39 is 0 Å². The fourth-order valence-corrected chi connectivity index (χ4v) is 5.20. The zero-order chi connectivity index (χ0) is 13.8. The third-order valence-electron chi connectivity index (χ3n) is 6.02. The zero-order valence-electron chi connectivity index (χ0n) is 13.4. The van der Waals surface area contributed by atoms with Gasteiger partial charge in [-0.25, -0.2) is 0 Å². The molecule has 2 nitrogen and oxygen atoms in total. The molecule has 20 heavy (non-hydrogen) atoms. The summed E-state index contributed by atoms with van der Waals surface area (Å²) in [5.74, 6) is 0. The van der Waals surface area contributed by atoms with Crippen LogP contribution in [0.1, 0.15) is 84.0 Å². The van der Waals surface area contributed by atoms with Gasteiger partial charge in [0.25, 0.3) is 0 Å². The first-order valence-electron chi connectivity index (χ1n) is 9.39. The van der Waals surface area contributed by atoms with E-state index in [0.29, 0.717) is 0 Å². The minimum absolute atomic E-state index is 0.806. The summed E-state index contributed by atoms with van der Waals surface area (Å²) >= 11 is 0. The molecule has 3 fully saturated rings. The van der Waals surface area contributed by atoms with Crippen molar-refractivity contribution in [3.8, 4) is 0 Å². The van der Waals surface area contributed by atoms with Gasteiger partial charge in [0.15, 0.2) is 0 Å². The van der Waals surface area contributed by atoms with Crippen LogP contribution in [0.4, 0.5) is 0 Å². The van der Waals surface area contributed by atoms with Gasteiger partial charge in [0, 0.05) is 24.2 Å². The van der Waals surface area contributed by atoms with Gasteiger partial charge in [-0.05, 0) is 45.1 Å². The summed E-state index contributed by atoms with van der Waals surface area (Å²) in [6.07, 6.45) is 17.6. The Balaban J connectivity index is 1.65. The Labute approximate surface area is 125 Å². The molecular formula is C18H34N2. The van der Waals surface area contributed by atoms with Crippen LogP contribution in [0, 0.1) is 0 Å². The van der Waals surface area contributed by atoms with Crippen LogP contribution in [-0.2, 0) is 0 Å². The van der Waals surface area contributed by atoms with Crippen molar-refractivity contribution in [2.75, 3.05) is 6.54 Å². The molecule has 0 aromatic rings. The molecule has 2 heteroatoms. The number of nitrogens with one attached hydrogen (secondary N) is 1. The van der Waals surface area contributed by atoms with E-state index in [0.717, 1.165) is 30.7 Å². The Morgan fingerprint density at radius 1 is 0.750 bits per heavy atom. The normalized spacial score (nSPS) is 37.4. The van der Waals surface area contributed by atoms with Gasteiger partial charge in [0.05, 0.1) is 0 Å². The first-order valence-corrected chi connectivity index (χ1v) is 9.39. The highest BCUT2D eigenvalue weighted by molar-refractivity contribution is 4.97. The third kappa shape index (κ3) is 3.39. The molecule has 116 valence electrons. The van der Waals surface area contributed by atoms with Crippen LogP contribution < -0.4 is 5.32 Å². The number of hydrogen-bond acceptors (Lipinski definition) is 2. The van der Waals surface area contributed by atoms with E-state index in [4.69, 9.17) is 0 Å². The summed E-state index contributed by atoms with van der Waals surface area (Å²) in [4.78, 5) is 3.02. The van der Waals surface area contributed by atoms with Gasteiger partial charge >= 0.3 is 0 Å².